The Bertz CT molecular complexity index is 899. The van der Waals surface area contributed by atoms with E-state index in [1.165, 1.54) is 25.0 Å². The molecule has 4 aliphatic rings. The fourth-order valence-electron chi connectivity index (χ4n) is 9.77. The lowest BCUT2D eigenvalue weighted by Crippen LogP contribution is -2.65. The Kier molecular flexibility index (Phi) is 6.53. The minimum atomic E-state index is -1.36. The summed E-state index contributed by atoms with van der Waals surface area (Å²) in [5, 5.41) is 43.0. The molecule has 9 atom stereocenters. The van der Waals surface area contributed by atoms with Gasteiger partial charge in [-0.05, 0) is 92.8 Å². The quantitative estimate of drug-likeness (QED) is 0.415. The number of Topliss-reactive ketones (excluding diaryl/α,β-unsaturated/α-hetero) is 1. The molecule has 0 heterocycles. The summed E-state index contributed by atoms with van der Waals surface area (Å²) in [4.78, 5) is 12.9. The van der Waals surface area contributed by atoms with E-state index in [0.29, 0.717) is 31.0 Å². The third-order valence-corrected chi connectivity index (χ3v) is 11.9. The van der Waals surface area contributed by atoms with Gasteiger partial charge in [0.05, 0.1) is 17.8 Å². The van der Waals surface area contributed by atoms with Crippen LogP contribution in [0.5, 0.6) is 0 Å². The van der Waals surface area contributed by atoms with E-state index in [1.54, 1.807) is 0 Å². The summed E-state index contributed by atoms with van der Waals surface area (Å²) in [6.45, 7) is 16.6. The number of carbonyl (C=O) groups excluding carboxylic acids is 1. The monoisotopic (exact) mass is 490 g/mol. The Morgan fingerprint density at radius 2 is 1.66 bits per heavy atom. The molecule has 0 radical (unpaired) electrons. The minimum Gasteiger partial charge on any atom is -0.392 e. The van der Waals surface area contributed by atoms with Crippen LogP contribution in [0, 0.1) is 39.4 Å². The molecule has 3 fully saturated rings. The van der Waals surface area contributed by atoms with Crippen LogP contribution in [0.15, 0.2) is 11.1 Å². The Labute approximate surface area is 212 Å². The molecule has 3 saturated carbocycles. The third kappa shape index (κ3) is 3.82. The second-order valence-corrected chi connectivity index (χ2v) is 14.5. The molecule has 0 spiro atoms. The number of hydrogen-bond donors (Lipinski definition) is 4. The lowest BCUT2D eigenvalue weighted by Gasteiger charge is -2.69. The number of allylic oxidation sites excluding steroid dienone is 1. The second-order valence-electron chi connectivity index (χ2n) is 14.5. The normalized spacial score (nSPS) is 43.8. The fourth-order valence-corrected chi connectivity index (χ4v) is 9.77. The summed E-state index contributed by atoms with van der Waals surface area (Å²) in [5.74, 6) is 0.914. The van der Waals surface area contributed by atoms with Gasteiger partial charge in [-0.2, -0.15) is 0 Å². The van der Waals surface area contributed by atoms with Crippen LogP contribution in [-0.4, -0.2) is 50.1 Å². The van der Waals surface area contributed by atoms with Crippen molar-refractivity contribution in [3.63, 3.8) is 0 Å². The van der Waals surface area contributed by atoms with Gasteiger partial charge in [-0.15, -0.1) is 0 Å². The molecule has 0 aliphatic heterocycles. The maximum atomic E-state index is 12.9. The van der Waals surface area contributed by atoms with Crippen molar-refractivity contribution in [2.24, 2.45) is 39.4 Å². The maximum absolute atomic E-state index is 12.9. The van der Waals surface area contributed by atoms with Crippen molar-refractivity contribution in [1.29, 1.82) is 0 Å². The molecule has 5 nitrogen and oxygen atoms in total. The topological polar surface area (TPSA) is 98.0 Å². The van der Waals surface area contributed by atoms with Gasteiger partial charge in [0.1, 0.15) is 11.9 Å². The van der Waals surface area contributed by atoms with E-state index in [4.69, 9.17) is 0 Å². The smallest absolute Gasteiger partial charge is 0.138 e. The average molecular weight is 491 g/mol. The number of ketones is 1. The summed E-state index contributed by atoms with van der Waals surface area (Å²) < 4.78 is 0. The van der Waals surface area contributed by atoms with Crippen molar-refractivity contribution < 1.29 is 25.2 Å². The maximum Gasteiger partial charge on any atom is 0.138 e. The molecule has 0 aromatic carbocycles. The highest BCUT2D eigenvalue weighted by molar-refractivity contribution is 5.85. The summed E-state index contributed by atoms with van der Waals surface area (Å²) in [6, 6.07) is 0. The molecule has 0 amide bonds. The van der Waals surface area contributed by atoms with Gasteiger partial charge in [-0.3, -0.25) is 4.79 Å². The van der Waals surface area contributed by atoms with Gasteiger partial charge in [-0.1, -0.05) is 52.7 Å². The zero-order valence-electron chi connectivity index (χ0n) is 23.3. The summed E-state index contributed by atoms with van der Waals surface area (Å²) in [7, 11) is 0. The summed E-state index contributed by atoms with van der Waals surface area (Å²) in [6.07, 6.45) is 3.96. The SMILES string of the molecule is CC(C[C@H](O)C(O)C(C)(C)O)C1=C2CC(O)[C@H]3[C@@]4(C)CCC(=O)C(C)(C)[C@@H]4CC[C@]3(C)[C@@]2(C)CC1. The van der Waals surface area contributed by atoms with Gasteiger partial charge < -0.3 is 20.4 Å². The highest BCUT2D eigenvalue weighted by Gasteiger charge is 2.69. The van der Waals surface area contributed by atoms with Gasteiger partial charge in [0.15, 0.2) is 0 Å². The van der Waals surface area contributed by atoms with E-state index in [9.17, 15) is 25.2 Å². The van der Waals surface area contributed by atoms with Crippen LogP contribution in [0.25, 0.3) is 0 Å². The van der Waals surface area contributed by atoms with Gasteiger partial charge >= 0.3 is 0 Å². The minimum absolute atomic E-state index is 0.0140. The van der Waals surface area contributed by atoms with E-state index in [1.807, 2.05) is 0 Å². The van der Waals surface area contributed by atoms with E-state index < -0.39 is 23.9 Å². The molecule has 0 bridgehead atoms. The Balaban J connectivity index is 1.68. The molecule has 3 unspecified atom stereocenters. The van der Waals surface area contributed by atoms with Crippen molar-refractivity contribution in [2.45, 2.75) is 131 Å². The van der Waals surface area contributed by atoms with E-state index in [-0.39, 0.29) is 33.5 Å². The van der Waals surface area contributed by atoms with Crippen LogP contribution in [-0.2, 0) is 4.79 Å². The predicted molar refractivity (Wildman–Crippen MR) is 138 cm³/mol. The van der Waals surface area contributed by atoms with Crippen LogP contribution >= 0.6 is 0 Å². The first-order valence-electron chi connectivity index (χ1n) is 13.9. The van der Waals surface area contributed by atoms with Gasteiger partial charge in [-0.25, -0.2) is 0 Å². The highest BCUT2D eigenvalue weighted by Crippen LogP contribution is 2.74. The first-order valence-corrected chi connectivity index (χ1v) is 13.9. The molecular weight excluding hydrogens is 440 g/mol. The lowest BCUT2D eigenvalue weighted by atomic mass is 9.36. The predicted octanol–water partition coefficient (Wildman–Crippen LogP) is 4.79. The Morgan fingerprint density at radius 1 is 1.03 bits per heavy atom. The van der Waals surface area contributed by atoms with Gasteiger partial charge in [0, 0.05) is 11.8 Å². The number of hydrogen-bond acceptors (Lipinski definition) is 5. The molecule has 5 heteroatoms. The molecule has 0 saturated heterocycles. The van der Waals surface area contributed by atoms with Crippen molar-refractivity contribution in [3.05, 3.63) is 11.1 Å². The second kappa shape index (κ2) is 8.38. The number of aliphatic hydroxyl groups excluding tert-OH is 3. The highest BCUT2D eigenvalue weighted by atomic mass is 16.4. The molecular formula is C30H50O5. The van der Waals surface area contributed by atoms with Gasteiger partial charge in [0.2, 0.25) is 0 Å². The fraction of sp³-hybridized carbons (Fsp3) is 0.900. The zero-order valence-corrected chi connectivity index (χ0v) is 23.3. The number of fused-ring (bicyclic) bond motifs is 5. The van der Waals surface area contributed by atoms with Gasteiger partial charge in [0.25, 0.3) is 0 Å². The van der Waals surface area contributed by atoms with Crippen molar-refractivity contribution in [3.8, 4) is 0 Å². The first-order chi connectivity index (χ1) is 15.9. The lowest BCUT2D eigenvalue weighted by molar-refractivity contribution is -0.208. The van der Waals surface area contributed by atoms with Crippen LogP contribution in [0.4, 0.5) is 0 Å². The number of rotatable bonds is 5. The number of carbonyl (C=O) groups is 1. The van der Waals surface area contributed by atoms with E-state index in [2.05, 4.69) is 41.5 Å². The molecule has 200 valence electrons. The number of aliphatic hydroxyl groups is 4. The van der Waals surface area contributed by atoms with E-state index in [0.717, 1.165) is 32.1 Å². The Morgan fingerprint density at radius 3 is 2.26 bits per heavy atom. The third-order valence-electron chi connectivity index (χ3n) is 11.9. The average Bonchev–Trinajstić information content (AvgIpc) is 3.07. The molecule has 35 heavy (non-hydrogen) atoms. The molecule has 0 aromatic heterocycles. The van der Waals surface area contributed by atoms with Crippen molar-refractivity contribution >= 4 is 5.78 Å². The molecule has 4 N–H and O–H groups in total. The zero-order chi connectivity index (χ0) is 26.4. The first kappa shape index (κ1) is 27.3. The van der Waals surface area contributed by atoms with E-state index >= 15 is 0 Å². The summed E-state index contributed by atoms with van der Waals surface area (Å²) in [5.41, 5.74) is 0.895. The van der Waals surface area contributed by atoms with Crippen molar-refractivity contribution in [1.82, 2.24) is 0 Å². The Hall–Kier alpha value is -0.750. The van der Waals surface area contributed by atoms with Crippen LogP contribution in [0.2, 0.25) is 0 Å². The summed E-state index contributed by atoms with van der Waals surface area (Å²) >= 11 is 0. The van der Waals surface area contributed by atoms with Crippen LogP contribution in [0.1, 0.15) is 107 Å². The molecule has 4 rings (SSSR count). The van der Waals surface area contributed by atoms with Crippen LogP contribution < -0.4 is 0 Å². The molecule has 0 aromatic rings. The largest absolute Gasteiger partial charge is 0.392 e. The van der Waals surface area contributed by atoms with Crippen LogP contribution in [0.3, 0.4) is 0 Å². The van der Waals surface area contributed by atoms with Crippen molar-refractivity contribution in [2.75, 3.05) is 0 Å². The standard InChI is InChI=1S/C30H50O5/c1-17(15-21(32)25(34)27(4,5)35)18-9-13-29(7)19(18)16-20(31)24-28(6)12-11-23(33)26(2,3)22(28)10-14-30(24,29)8/h17,20-22,24-25,31-32,34-35H,9-16H2,1-8H3/t17?,20?,21-,22-,24-,25?,28-,29-,30-/m0/s1. The molecule has 4 aliphatic carbocycles.